The lowest BCUT2D eigenvalue weighted by molar-refractivity contribution is 0.153. The van der Waals surface area contributed by atoms with Crippen LogP contribution in [0.25, 0.3) is 0 Å². The van der Waals surface area contributed by atoms with E-state index in [1.165, 1.54) is 4.31 Å². The predicted octanol–water partition coefficient (Wildman–Crippen LogP) is 0.785. The standard InChI is InChI=1S/C10H22N2O2S/c1-4-10(11)7-12(8-10)15(13,14)6-5-9(2)3/h9H,4-8,11H2,1-3H3. The second kappa shape index (κ2) is 4.39. The Hall–Kier alpha value is -0.130. The molecule has 5 heteroatoms. The Kier molecular flexibility index (Phi) is 3.79. The fraction of sp³-hybridized carbons (Fsp3) is 1.00. The van der Waals surface area contributed by atoms with Gasteiger partial charge in [-0.2, -0.15) is 4.31 Å². The second-order valence-electron chi connectivity index (χ2n) is 4.98. The van der Waals surface area contributed by atoms with E-state index < -0.39 is 10.0 Å². The van der Waals surface area contributed by atoms with Crippen LogP contribution in [-0.4, -0.2) is 37.1 Å². The SMILES string of the molecule is CCC1(N)CN(S(=O)(=O)CCC(C)C)C1. The molecule has 0 aromatic carbocycles. The molecule has 1 heterocycles. The maximum absolute atomic E-state index is 11.8. The summed E-state index contributed by atoms with van der Waals surface area (Å²) in [4.78, 5) is 0. The summed E-state index contributed by atoms with van der Waals surface area (Å²) in [5.41, 5.74) is 5.67. The molecule has 0 radical (unpaired) electrons. The van der Waals surface area contributed by atoms with Crippen LogP contribution in [0.1, 0.15) is 33.6 Å². The van der Waals surface area contributed by atoms with Gasteiger partial charge in [0, 0.05) is 18.6 Å². The van der Waals surface area contributed by atoms with Crippen molar-refractivity contribution in [2.24, 2.45) is 11.7 Å². The van der Waals surface area contributed by atoms with E-state index in [1.54, 1.807) is 0 Å². The van der Waals surface area contributed by atoms with Gasteiger partial charge in [0.1, 0.15) is 0 Å². The van der Waals surface area contributed by atoms with Gasteiger partial charge in [0.15, 0.2) is 0 Å². The van der Waals surface area contributed by atoms with Gasteiger partial charge in [-0.05, 0) is 18.8 Å². The van der Waals surface area contributed by atoms with Crippen molar-refractivity contribution in [2.75, 3.05) is 18.8 Å². The summed E-state index contributed by atoms with van der Waals surface area (Å²) in [6.45, 7) is 7.04. The number of hydrogen-bond acceptors (Lipinski definition) is 3. The van der Waals surface area contributed by atoms with Crippen LogP contribution in [0, 0.1) is 5.92 Å². The van der Waals surface area contributed by atoms with Crippen molar-refractivity contribution >= 4 is 10.0 Å². The van der Waals surface area contributed by atoms with Crippen molar-refractivity contribution in [1.29, 1.82) is 0 Å². The zero-order valence-corrected chi connectivity index (χ0v) is 10.7. The van der Waals surface area contributed by atoms with Crippen LogP contribution < -0.4 is 5.73 Å². The largest absolute Gasteiger partial charge is 0.323 e. The van der Waals surface area contributed by atoms with Crippen LogP contribution in [0.2, 0.25) is 0 Å². The van der Waals surface area contributed by atoms with Crippen LogP contribution in [-0.2, 0) is 10.0 Å². The summed E-state index contributed by atoms with van der Waals surface area (Å²) in [6, 6.07) is 0. The number of nitrogens with two attached hydrogens (primary N) is 1. The number of hydrogen-bond donors (Lipinski definition) is 1. The van der Waals surface area contributed by atoms with Gasteiger partial charge in [0.05, 0.1) is 5.75 Å². The third kappa shape index (κ3) is 3.16. The first-order chi connectivity index (χ1) is 6.79. The van der Waals surface area contributed by atoms with E-state index in [-0.39, 0.29) is 11.3 Å². The molecule has 0 saturated carbocycles. The van der Waals surface area contributed by atoms with Gasteiger partial charge in [-0.1, -0.05) is 20.8 Å². The fourth-order valence-electron chi connectivity index (χ4n) is 1.59. The number of nitrogens with zero attached hydrogens (tertiary/aromatic N) is 1. The molecule has 1 fully saturated rings. The van der Waals surface area contributed by atoms with Gasteiger partial charge in [0.2, 0.25) is 10.0 Å². The van der Waals surface area contributed by atoms with Crippen molar-refractivity contribution in [3.05, 3.63) is 0 Å². The molecular weight excluding hydrogens is 212 g/mol. The Balaban J connectivity index is 2.45. The molecule has 0 unspecified atom stereocenters. The summed E-state index contributed by atoms with van der Waals surface area (Å²) >= 11 is 0. The van der Waals surface area contributed by atoms with Crippen molar-refractivity contribution in [2.45, 2.75) is 39.2 Å². The minimum atomic E-state index is -3.05. The molecule has 0 spiro atoms. The Morgan fingerprint density at radius 2 is 1.93 bits per heavy atom. The summed E-state index contributed by atoms with van der Waals surface area (Å²) in [6.07, 6.45) is 1.56. The van der Waals surface area contributed by atoms with Crippen LogP contribution in [0.15, 0.2) is 0 Å². The topological polar surface area (TPSA) is 63.4 Å². The second-order valence-corrected chi connectivity index (χ2v) is 7.07. The quantitative estimate of drug-likeness (QED) is 0.765. The Morgan fingerprint density at radius 3 is 2.33 bits per heavy atom. The number of sulfonamides is 1. The Bertz CT molecular complexity index is 305. The highest BCUT2D eigenvalue weighted by molar-refractivity contribution is 7.89. The minimum absolute atomic E-state index is 0.254. The van der Waals surface area contributed by atoms with Gasteiger partial charge in [-0.3, -0.25) is 0 Å². The molecule has 0 aliphatic carbocycles. The average molecular weight is 234 g/mol. The van der Waals surface area contributed by atoms with Crippen LogP contribution in [0.3, 0.4) is 0 Å². The Labute approximate surface area is 92.9 Å². The van der Waals surface area contributed by atoms with Crippen LogP contribution in [0.4, 0.5) is 0 Å². The molecule has 0 bridgehead atoms. The van der Waals surface area contributed by atoms with Crippen molar-refractivity contribution in [1.82, 2.24) is 4.31 Å². The predicted molar refractivity (Wildman–Crippen MR) is 62.0 cm³/mol. The third-order valence-corrected chi connectivity index (χ3v) is 4.83. The van der Waals surface area contributed by atoms with Gasteiger partial charge in [-0.15, -0.1) is 0 Å². The first-order valence-electron chi connectivity index (χ1n) is 5.56. The smallest absolute Gasteiger partial charge is 0.214 e. The minimum Gasteiger partial charge on any atom is -0.323 e. The maximum atomic E-state index is 11.8. The molecule has 15 heavy (non-hydrogen) atoms. The molecule has 4 nitrogen and oxygen atoms in total. The number of rotatable bonds is 5. The van der Waals surface area contributed by atoms with E-state index in [1.807, 2.05) is 20.8 Å². The molecule has 90 valence electrons. The first kappa shape index (κ1) is 12.9. The third-order valence-electron chi connectivity index (χ3n) is 3.03. The zero-order valence-electron chi connectivity index (χ0n) is 9.86. The Morgan fingerprint density at radius 1 is 1.40 bits per heavy atom. The van der Waals surface area contributed by atoms with E-state index >= 15 is 0 Å². The maximum Gasteiger partial charge on any atom is 0.214 e. The van der Waals surface area contributed by atoms with E-state index in [2.05, 4.69) is 0 Å². The van der Waals surface area contributed by atoms with E-state index in [4.69, 9.17) is 5.73 Å². The van der Waals surface area contributed by atoms with Crippen molar-refractivity contribution in [3.63, 3.8) is 0 Å². The molecule has 1 saturated heterocycles. The average Bonchev–Trinajstić information content (AvgIpc) is 2.10. The van der Waals surface area contributed by atoms with E-state index in [0.717, 1.165) is 12.8 Å². The summed E-state index contributed by atoms with van der Waals surface area (Å²) in [7, 11) is -3.05. The van der Waals surface area contributed by atoms with Gasteiger partial charge in [0.25, 0.3) is 0 Å². The summed E-state index contributed by atoms with van der Waals surface area (Å²) in [5.74, 6) is 0.680. The molecule has 0 aromatic heterocycles. The zero-order chi connectivity index (χ0) is 11.7. The monoisotopic (exact) mass is 234 g/mol. The molecule has 1 rings (SSSR count). The van der Waals surface area contributed by atoms with Crippen LogP contribution >= 0.6 is 0 Å². The first-order valence-corrected chi connectivity index (χ1v) is 7.17. The lowest BCUT2D eigenvalue weighted by atomic mass is 9.91. The molecule has 2 N–H and O–H groups in total. The highest BCUT2D eigenvalue weighted by atomic mass is 32.2. The molecule has 0 aromatic rings. The highest BCUT2D eigenvalue weighted by Crippen LogP contribution is 2.25. The van der Waals surface area contributed by atoms with Gasteiger partial charge >= 0.3 is 0 Å². The molecule has 1 aliphatic rings. The highest BCUT2D eigenvalue weighted by Gasteiger charge is 2.43. The van der Waals surface area contributed by atoms with Crippen molar-refractivity contribution in [3.8, 4) is 0 Å². The fourth-order valence-corrected chi connectivity index (χ4v) is 3.53. The summed E-state index contributed by atoms with van der Waals surface area (Å²) in [5, 5.41) is 0. The lowest BCUT2D eigenvalue weighted by Crippen LogP contribution is -2.68. The molecular formula is C10H22N2O2S. The van der Waals surface area contributed by atoms with Gasteiger partial charge in [-0.25, -0.2) is 8.42 Å². The lowest BCUT2D eigenvalue weighted by Gasteiger charge is -2.46. The van der Waals surface area contributed by atoms with E-state index in [0.29, 0.717) is 19.0 Å². The van der Waals surface area contributed by atoms with Gasteiger partial charge < -0.3 is 5.73 Å². The summed E-state index contributed by atoms with van der Waals surface area (Å²) < 4.78 is 25.1. The van der Waals surface area contributed by atoms with Crippen molar-refractivity contribution < 1.29 is 8.42 Å². The molecule has 1 aliphatic heterocycles. The van der Waals surface area contributed by atoms with E-state index in [9.17, 15) is 8.42 Å². The normalized spacial score (nSPS) is 21.7. The molecule has 0 atom stereocenters. The molecule has 0 amide bonds. The van der Waals surface area contributed by atoms with Crippen LogP contribution in [0.5, 0.6) is 0 Å².